The molecule has 1 N–H and O–H groups in total. The molecule has 4 atom stereocenters. The zero-order valence-electron chi connectivity index (χ0n) is 19.4. The molecule has 1 aromatic heterocycles. The maximum atomic E-state index is 6.26. The third kappa shape index (κ3) is 4.58. The molecule has 1 aromatic carbocycles. The molecule has 33 heavy (non-hydrogen) atoms. The summed E-state index contributed by atoms with van der Waals surface area (Å²) in [6.45, 7) is 5.73. The first-order valence-corrected chi connectivity index (χ1v) is 12.9. The van der Waals surface area contributed by atoms with E-state index in [1.807, 2.05) is 4.68 Å². The molecule has 4 heterocycles. The van der Waals surface area contributed by atoms with Crippen LogP contribution in [0.25, 0.3) is 11.4 Å². The molecule has 1 aliphatic carbocycles. The maximum absolute atomic E-state index is 6.26. The Morgan fingerprint density at radius 3 is 2.70 bits per heavy atom. The quantitative estimate of drug-likeness (QED) is 0.692. The zero-order valence-corrected chi connectivity index (χ0v) is 19.4. The number of nitrogens with zero attached hydrogens (tertiary/aromatic N) is 5. The Morgan fingerprint density at radius 1 is 0.970 bits per heavy atom. The van der Waals surface area contributed by atoms with E-state index in [-0.39, 0.29) is 24.3 Å². The van der Waals surface area contributed by atoms with Crippen molar-refractivity contribution < 1.29 is 9.47 Å². The number of ether oxygens (including phenoxy) is 2. The van der Waals surface area contributed by atoms with Crippen LogP contribution in [0.5, 0.6) is 0 Å². The highest BCUT2D eigenvalue weighted by Crippen LogP contribution is 2.36. The van der Waals surface area contributed by atoms with E-state index in [0.29, 0.717) is 13.2 Å². The lowest BCUT2D eigenvalue weighted by atomic mass is 9.89. The maximum Gasteiger partial charge on any atom is 0.182 e. The number of tetrazole rings is 1. The molecule has 3 saturated heterocycles. The van der Waals surface area contributed by atoms with E-state index >= 15 is 0 Å². The summed E-state index contributed by atoms with van der Waals surface area (Å²) < 4.78 is 14.5. The van der Waals surface area contributed by atoms with Crippen LogP contribution in [0.15, 0.2) is 24.3 Å². The lowest BCUT2D eigenvalue weighted by Gasteiger charge is -2.25. The summed E-state index contributed by atoms with van der Waals surface area (Å²) in [5, 5.41) is 16.6. The average Bonchev–Trinajstić information content (AvgIpc) is 3.64. The van der Waals surface area contributed by atoms with Crippen molar-refractivity contribution in [1.82, 2.24) is 30.4 Å². The van der Waals surface area contributed by atoms with Crippen LogP contribution in [0.4, 0.5) is 0 Å². The Hall–Kier alpha value is -1.87. The average molecular weight is 453 g/mol. The molecule has 3 aliphatic heterocycles. The minimum Gasteiger partial charge on any atom is -0.371 e. The van der Waals surface area contributed by atoms with Gasteiger partial charge in [0.1, 0.15) is 18.2 Å². The third-order valence-electron chi connectivity index (χ3n) is 8.02. The first-order valence-electron chi connectivity index (χ1n) is 12.9. The molecule has 2 aromatic rings. The van der Waals surface area contributed by atoms with Crippen LogP contribution in [0.2, 0.25) is 0 Å². The summed E-state index contributed by atoms with van der Waals surface area (Å²) in [7, 11) is 0. The third-order valence-corrected chi connectivity index (χ3v) is 8.02. The lowest BCUT2D eigenvalue weighted by molar-refractivity contribution is 0.0620. The largest absolute Gasteiger partial charge is 0.371 e. The number of hydrogen-bond acceptors (Lipinski definition) is 7. The minimum atomic E-state index is -0.0103. The summed E-state index contributed by atoms with van der Waals surface area (Å²) in [5.74, 6) is 1.60. The number of hydrogen-bond donors (Lipinski definition) is 1. The monoisotopic (exact) mass is 452 g/mol. The second-order valence-electron chi connectivity index (χ2n) is 10.3. The van der Waals surface area contributed by atoms with E-state index in [4.69, 9.17) is 9.47 Å². The number of aromatic nitrogens is 4. The van der Waals surface area contributed by atoms with Gasteiger partial charge in [0.15, 0.2) is 5.82 Å². The number of rotatable bonds is 7. The van der Waals surface area contributed by atoms with E-state index in [1.54, 1.807) is 0 Å². The van der Waals surface area contributed by atoms with Crippen LogP contribution >= 0.6 is 0 Å². The van der Waals surface area contributed by atoms with Crippen LogP contribution < -0.4 is 5.32 Å². The molecule has 0 unspecified atom stereocenters. The summed E-state index contributed by atoms with van der Waals surface area (Å²) >= 11 is 0. The standard InChI is InChI=1S/C25H36N6O2/c1-2-7-18(8-3-1)14-26-21-16-32-24-22(17-33-23(21)24)31-25(27-28-29-31)20-10-6-9-19(13-20)15-30-11-4-5-12-30/h6,9-10,13,18,21-24,26H,1-5,7-8,11-12,14-17H2/t21-,22+,23-,24+/m0/s1. The van der Waals surface area contributed by atoms with Crippen molar-refractivity contribution in [2.45, 2.75) is 75.8 Å². The van der Waals surface area contributed by atoms with Crippen molar-refractivity contribution in [3.8, 4) is 11.4 Å². The Morgan fingerprint density at radius 2 is 1.82 bits per heavy atom. The molecule has 178 valence electrons. The predicted molar refractivity (Wildman–Crippen MR) is 125 cm³/mol. The Bertz CT molecular complexity index is 923. The fourth-order valence-corrected chi connectivity index (χ4v) is 6.19. The van der Waals surface area contributed by atoms with E-state index in [0.717, 1.165) is 30.4 Å². The number of likely N-dealkylation sites (tertiary alicyclic amines) is 1. The zero-order chi connectivity index (χ0) is 22.0. The highest BCUT2D eigenvalue weighted by Gasteiger charge is 2.49. The SMILES string of the molecule is c1cc(CN2CCCC2)cc(-c2nnnn2[C@@H]2CO[C@@H]3[C@@H]2OC[C@@H]3NCC2CCCCC2)c1. The molecule has 0 bridgehead atoms. The molecule has 0 radical (unpaired) electrons. The Labute approximate surface area is 196 Å². The van der Waals surface area contributed by atoms with Crippen molar-refractivity contribution >= 4 is 0 Å². The van der Waals surface area contributed by atoms with Gasteiger partial charge in [0.2, 0.25) is 0 Å². The molecule has 0 amide bonds. The fourth-order valence-electron chi connectivity index (χ4n) is 6.19. The van der Waals surface area contributed by atoms with Gasteiger partial charge in [-0.25, -0.2) is 4.68 Å². The van der Waals surface area contributed by atoms with Gasteiger partial charge in [-0.2, -0.15) is 0 Å². The highest BCUT2D eigenvalue weighted by molar-refractivity contribution is 5.56. The molecule has 8 nitrogen and oxygen atoms in total. The molecule has 8 heteroatoms. The van der Waals surface area contributed by atoms with Crippen molar-refractivity contribution in [3.05, 3.63) is 29.8 Å². The van der Waals surface area contributed by atoms with Gasteiger partial charge in [-0.3, -0.25) is 4.90 Å². The van der Waals surface area contributed by atoms with Gasteiger partial charge in [-0.05, 0) is 73.3 Å². The van der Waals surface area contributed by atoms with Crippen molar-refractivity contribution in [2.24, 2.45) is 5.92 Å². The molecular weight excluding hydrogens is 416 g/mol. The second kappa shape index (κ2) is 9.78. The van der Waals surface area contributed by atoms with E-state index < -0.39 is 0 Å². The normalized spacial score (nSPS) is 30.8. The van der Waals surface area contributed by atoms with E-state index in [2.05, 4.69) is 50.0 Å². The Balaban J connectivity index is 1.13. The van der Waals surface area contributed by atoms with Gasteiger partial charge < -0.3 is 14.8 Å². The van der Waals surface area contributed by atoms with E-state index in [9.17, 15) is 0 Å². The van der Waals surface area contributed by atoms with Gasteiger partial charge in [-0.15, -0.1) is 5.10 Å². The van der Waals surface area contributed by atoms with Crippen molar-refractivity contribution in [2.75, 3.05) is 32.8 Å². The van der Waals surface area contributed by atoms with Gasteiger partial charge in [-0.1, -0.05) is 37.5 Å². The topological polar surface area (TPSA) is 77.3 Å². The number of nitrogens with one attached hydrogen (secondary N) is 1. The summed E-state index contributed by atoms with van der Waals surface area (Å²) in [4.78, 5) is 2.52. The highest BCUT2D eigenvalue weighted by atomic mass is 16.6. The van der Waals surface area contributed by atoms with Crippen LogP contribution in [0, 0.1) is 5.92 Å². The molecule has 0 spiro atoms. The second-order valence-corrected chi connectivity index (χ2v) is 10.3. The molecule has 4 fully saturated rings. The van der Waals surface area contributed by atoms with Crippen molar-refractivity contribution in [3.63, 3.8) is 0 Å². The van der Waals surface area contributed by atoms with Crippen molar-refractivity contribution in [1.29, 1.82) is 0 Å². The molecule has 1 saturated carbocycles. The van der Waals surface area contributed by atoms with Gasteiger partial charge >= 0.3 is 0 Å². The molecule has 4 aliphatic rings. The predicted octanol–water partition coefficient (Wildman–Crippen LogP) is 2.81. The fraction of sp³-hybridized carbons (Fsp3) is 0.720. The smallest absolute Gasteiger partial charge is 0.182 e. The first-order chi connectivity index (χ1) is 16.3. The number of fused-ring (bicyclic) bond motifs is 1. The number of benzene rings is 1. The minimum absolute atomic E-state index is 0.00344. The molecule has 6 rings (SSSR count). The summed E-state index contributed by atoms with van der Waals surface area (Å²) in [5.41, 5.74) is 2.37. The van der Waals surface area contributed by atoms with Crippen LogP contribution in [0.1, 0.15) is 56.6 Å². The van der Waals surface area contributed by atoms with Gasteiger partial charge in [0.25, 0.3) is 0 Å². The molecular formula is C25H36N6O2. The lowest BCUT2D eigenvalue weighted by Crippen LogP contribution is -2.43. The summed E-state index contributed by atoms with van der Waals surface area (Å²) in [6.07, 6.45) is 9.51. The summed E-state index contributed by atoms with van der Waals surface area (Å²) in [6, 6.07) is 8.91. The van der Waals surface area contributed by atoms with E-state index in [1.165, 1.54) is 63.6 Å². The van der Waals surface area contributed by atoms with Crippen LogP contribution in [-0.2, 0) is 16.0 Å². The van der Waals surface area contributed by atoms with Gasteiger partial charge in [0, 0.05) is 12.1 Å². The van der Waals surface area contributed by atoms with Gasteiger partial charge in [0.05, 0.1) is 19.3 Å². The Kier molecular flexibility index (Phi) is 6.42. The van der Waals surface area contributed by atoms with Crippen LogP contribution in [0.3, 0.4) is 0 Å². The van der Waals surface area contributed by atoms with Crippen LogP contribution in [-0.4, -0.2) is 76.2 Å². The first kappa shape index (κ1) is 21.6.